The Labute approximate surface area is 185 Å². The summed E-state index contributed by atoms with van der Waals surface area (Å²) in [4.78, 5) is 13.3. The fraction of sp³-hybridized carbons (Fsp3) is 0.250. The third kappa shape index (κ3) is 4.56. The quantitative estimate of drug-likeness (QED) is 0.409. The highest BCUT2D eigenvalue weighted by Crippen LogP contribution is 2.29. The van der Waals surface area contributed by atoms with E-state index in [-0.39, 0.29) is 5.91 Å². The largest absolute Gasteiger partial charge is 0.322 e. The lowest BCUT2D eigenvalue weighted by Gasteiger charge is -2.08. The Balaban J connectivity index is 1.51. The van der Waals surface area contributed by atoms with Gasteiger partial charge in [0, 0.05) is 23.7 Å². The molecule has 0 saturated heterocycles. The van der Waals surface area contributed by atoms with Gasteiger partial charge in [-0.3, -0.25) is 4.79 Å². The molecule has 1 N–H and O–H groups in total. The number of nitrogens with zero attached hydrogens (tertiary/aromatic N) is 4. The number of aromatic nitrogens is 4. The Morgan fingerprint density at radius 2 is 1.94 bits per heavy atom. The molecule has 0 aliphatic heterocycles. The van der Waals surface area contributed by atoms with Crippen molar-refractivity contribution in [1.29, 1.82) is 0 Å². The molecule has 0 radical (unpaired) electrons. The minimum absolute atomic E-state index is 0.167. The zero-order valence-corrected chi connectivity index (χ0v) is 18.9. The second kappa shape index (κ2) is 8.81. The van der Waals surface area contributed by atoms with Gasteiger partial charge in [0.2, 0.25) is 10.9 Å². The van der Waals surface area contributed by atoms with Crippen LogP contribution in [0.5, 0.6) is 0 Å². The minimum atomic E-state index is -0.167. The first kappa shape index (κ1) is 20.9. The van der Waals surface area contributed by atoms with Gasteiger partial charge in [0.1, 0.15) is 5.01 Å². The van der Waals surface area contributed by atoms with Gasteiger partial charge in [0.05, 0.1) is 0 Å². The average molecular weight is 432 g/mol. The maximum absolute atomic E-state index is 12.5. The molecule has 0 unspecified atom stereocenters. The number of carbonyl (C=O) groups is 1. The van der Waals surface area contributed by atoms with Crippen molar-refractivity contribution in [3.05, 3.63) is 71.1 Å². The number of benzene rings is 2. The summed E-state index contributed by atoms with van der Waals surface area (Å²) < 4.78 is 1.78. The van der Waals surface area contributed by atoms with E-state index in [0.29, 0.717) is 5.92 Å². The van der Waals surface area contributed by atoms with E-state index in [9.17, 15) is 4.79 Å². The third-order valence-corrected chi connectivity index (χ3v) is 6.09. The smallest absolute Gasteiger partial charge is 0.248 e. The molecule has 1 amide bonds. The Morgan fingerprint density at radius 3 is 2.65 bits per heavy atom. The number of hydrogen-bond acceptors (Lipinski definition) is 5. The van der Waals surface area contributed by atoms with Crippen molar-refractivity contribution >= 4 is 34.0 Å². The van der Waals surface area contributed by atoms with Crippen LogP contribution in [0.2, 0.25) is 0 Å². The highest BCUT2D eigenvalue weighted by Gasteiger charge is 2.13. The third-order valence-electron chi connectivity index (χ3n) is 5.14. The molecule has 6 nitrogen and oxygen atoms in total. The Morgan fingerprint density at radius 1 is 1.16 bits per heavy atom. The zero-order valence-electron chi connectivity index (χ0n) is 18.1. The molecule has 0 aliphatic rings. The van der Waals surface area contributed by atoms with Crippen LogP contribution in [0.3, 0.4) is 0 Å². The van der Waals surface area contributed by atoms with Crippen LogP contribution in [0.15, 0.2) is 48.5 Å². The van der Waals surface area contributed by atoms with Crippen LogP contribution in [-0.4, -0.2) is 25.7 Å². The Hall–Kier alpha value is -3.32. The second-order valence-corrected chi connectivity index (χ2v) is 8.70. The molecule has 7 heteroatoms. The molecular formula is C24H25N5OS. The predicted octanol–water partition coefficient (Wildman–Crippen LogP) is 5.50. The molecule has 31 heavy (non-hydrogen) atoms. The first-order valence-electron chi connectivity index (χ1n) is 10.4. The van der Waals surface area contributed by atoms with Crippen LogP contribution in [0.4, 0.5) is 5.69 Å². The van der Waals surface area contributed by atoms with E-state index in [1.165, 1.54) is 16.9 Å². The van der Waals surface area contributed by atoms with Gasteiger partial charge >= 0.3 is 0 Å². The van der Waals surface area contributed by atoms with Crippen molar-refractivity contribution in [1.82, 2.24) is 19.8 Å². The maximum atomic E-state index is 12.5. The summed E-state index contributed by atoms with van der Waals surface area (Å²) in [6.07, 6.45) is 4.16. The first-order valence-corrected chi connectivity index (χ1v) is 11.2. The number of aryl methyl sites for hydroxylation is 2. The maximum Gasteiger partial charge on any atom is 0.248 e. The van der Waals surface area contributed by atoms with Gasteiger partial charge < -0.3 is 5.32 Å². The lowest BCUT2D eigenvalue weighted by molar-refractivity contribution is -0.111. The van der Waals surface area contributed by atoms with Crippen LogP contribution in [0, 0.1) is 6.92 Å². The summed E-state index contributed by atoms with van der Waals surface area (Å²) >= 11 is 1.48. The molecule has 2 aromatic carbocycles. The molecule has 0 fully saturated rings. The molecule has 0 bridgehead atoms. The van der Waals surface area contributed by atoms with Gasteiger partial charge in [-0.2, -0.15) is 9.61 Å². The van der Waals surface area contributed by atoms with Crippen LogP contribution in [0.25, 0.3) is 21.6 Å². The van der Waals surface area contributed by atoms with Gasteiger partial charge in [-0.15, -0.1) is 10.2 Å². The summed E-state index contributed by atoms with van der Waals surface area (Å²) in [6.45, 7) is 8.33. The van der Waals surface area contributed by atoms with Crippen molar-refractivity contribution in [3.8, 4) is 10.6 Å². The average Bonchev–Trinajstić information content (AvgIpc) is 3.35. The number of anilines is 1. The van der Waals surface area contributed by atoms with E-state index in [4.69, 9.17) is 0 Å². The van der Waals surface area contributed by atoms with E-state index in [0.717, 1.165) is 44.6 Å². The van der Waals surface area contributed by atoms with Crippen molar-refractivity contribution in [2.24, 2.45) is 0 Å². The van der Waals surface area contributed by atoms with E-state index in [2.05, 4.69) is 46.6 Å². The first-order chi connectivity index (χ1) is 14.9. The molecule has 0 aliphatic carbocycles. The Bertz CT molecular complexity index is 1250. The monoisotopic (exact) mass is 431 g/mol. The number of carbonyl (C=O) groups excluding carboxylic acids is 1. The van der Waals surface area contributed by atoms with Crippen LogP contribution < -0.4 is 5.32 Å². The van der Waals surface area contributed by atoms with Crippen molar-refractivity contribution < 1.29 is 4.79 Å². The highest BCUT2D eigenvalue weighted by atomic mass is 32.1. The molecule has 0 saturated carbocycles. The summed E-state index contributed by atoms with van der Waals surface area (Å²) in [7, 11) is 0. The number of rotatable bonds is 6. The van der Waals surface area contributed by atoms with Crippen LogP contribution in [-0.2, 0) is 11.2 Å². The molecule has 0 atom stereocenters. The number of fused-ring (bicyclic) bond motifs is 1. The van der Waals surface area contributed by atoms with Gasteiger partial charge in [-0.25, -0.2) is 0 Å². The van der Waals surface area contributed by atoms with E-state index in [1.54, 1.807) is 10.6 Å². The lowest BCUT2D eigenvalue weighted by atomic mass is 10.0. The topological polar surface area (TPSA) is 72.2 Å². The van der Waals surface area contributed by atoms with E-state index >= 15 is 0 Å². The molecule has 0 spiro atoms. The lowest BCUT2D eigenvalue weighted by Crippen LogP contribution is -2.09. The number of amides is 1. The van der Waals surface area contributed by atoms with Gasteiger partial charge in [0.25, 0.3) is 0 Å². The molecule has 4 rings (SSSR count). The van der Waals surface area contributed by atoms with E-state index < -0.39 is 0 Å². The number of hydrogen-bond donors (Lipinski definition) is 1. The van der Waals surface area contributed by atoms with Gasteiger partial charge in [-0.1, -0.05) is 68.5 Å². The summed E-state index contributed by atoms with van der Waals surface area (Å²) in [5.41, 5.74) is 4.97. The molecular weight excluding hydrogens is 406 g/mol. The zero-order chi connectivity index (χ0) is 22.0. The Kier molecular flexibility index (Phi) is 5.95. The number of nitrogens with one attached hydrogen (secondary N) is 1. The molecule has 2 aromatic heterocycles. The summed E-state index contributed by atoms with van der Waals surface area (Å²) in [5.74, 6) is 1.16. The van der Waals surface area contributed by atoms with Crippen molar-refractivity contribution in [2.75, 3.05) is 5.32 Å². The van der Waals surface area contributed by atoms with Gasteiger partial charge in [0.15, 0.2) is 5.82 Å². The van der Waals surface area contributed by atoms with E-state index in [1.807, 2.05) is 50.3 Å². The normalized spacial score (nSPS) is 11.6. The standard InChI is InChI=1S/C24H25N5OS/c1-5-21-26-27-24-29(21)28-23(31-24)19-10-6-16(4)20(14-19)25-22(30)13-9-17-7-11-18(12-8-17)15(2)3/h6-15H,5H2,1-4H3,(H,25,30). The van der Waals surface area contributed by atoms with Crippen molar-refractivity contribution in [3.63, 3.8) is 0 Å². The predicted molar refractivity (Wildman–Crippen MR) is 126 cm³/mol. The fourth-order valence-electron chi connectivity index (χ4n) is 3.22. The SMILES string of the molecule is CCc1nnc2sc(-c3ccc(C)c(NC(=O)C=Cc4ccc(C(C)C)cc4)c3)nn12. The van der Waals surface area contributed by atoms with Crippen molar-refractivity contribution in [2.45, 2.75) is 40.0 Å². The summed E-state index contributed by atoms with van der Waals surface area (Å²) in [5, 5.41) is 16.8. The minimum Gasteiger partial charge on any atom is -0.322 e. The van der Waals surface area contributed by atoms with Crippen LogP contribution in [0.1, 0.15) is 49.2 Å². The summed E-state index contributed by atoms with van der Waals surface area (Å²) in [6, 6.07) is 14.2. The molecule has 158 valence electrons. The molecule has 4 aromatic rings. The second-order valence-electron chi connectivity index (χ2n) is 7.75. The van der Waals surface area contributed by atoms with Crippen LogP contribution >= 0.6 is 11.3 Å². The highest BCUT2D eigenvalue weighted by molar-refractivity contribution is 7.19. The molecule has 2 heterocycles. The van der Waals surface area contributed by atoms with Gasteiger partial charge in [-0.05, 0) is 41.7 Å². The fourth-order valence-corrected chi connectivity index (χ4v) is 4.08.